The molecule has 2 N–H and O–H groups in total. The van der Waals surface area contributed by atoms with Gasteiger partial charge in [-0.15, -0.1) is 0 Å². The molecule has 124 valence electrons. The summed E-state index contributed by atoms with van der Waals surface area (Å²) >= 11 is 6.04. The average molecular weight is 346 g/mol. The first-order chi connectivity index (χ1) is 11.4. The number of nitrogens with zero attached hydrogens (tertiary/aromatic N) is 3. The van der Waals surface area contributed by atoms with E-state index in [1.807, 2.05) is 6.07 Å². The van der Waals surface area contributed by atoms with Crippen molar-refractivity contribution in [2.75, 3.05) is 7.11 Å². The molecular formula is C17H16ClN3O3. The molecule has 0 spiro atoms. The molecule has 0 aliphatic rings. The summed E-state index contributed by atoms with van der Waals surface area (Å²) in [7, 11) is 3.22. The van der Waals surface area contributed by atoms with Crippen molar-refractivity contribution in [1.82, 2.24) is 14.8 Å². The van der Waals surface area contributed by atoms with Gasteiger partial charge in [-0.3, -0.25) is 4.68 Å². The summed E-state index contributed by atoms with van der Waals surface area (Å²) in [5.74, 6) is -1.77. The SMILES string of the molecule is COc1ccc(C(O)(O)c2cnn(C)c2)nc1-c1cccc(Cl)c1. The largest absolute Gasteiger partial charge is 0.494 e. The first kappa shape index (κ1) is 16.4. The second kappa shape index (κ2) is 6.24. The Hall–Kier alpha value is -2.41. The number of methoxy groups -OCH3 is 1. The lowest BCUT2D eigenvalue weighted by Gasteiger charge is -2.21. The zero-order valence-corrected chi connectivity index (χ0v) is 13.9. The summed E-state index contributed by atoms with van der Waals surface area (Å²) in [5.41, 5.74) is 1.46. The lowest BCUT2D eigenvalue weighted by molar-refractivity contribution is -0.135. The molecule has 0 radical (unpaired) electrons. The van der Waals surface area contributed by atoms with Crippen molar-refractivity contribution in [3.8, 4) is 17.0 Å². The molecule has 0 saturated heterocycles. The number of hydrogen-bond donors (Lipinski definition) is 2. The number of pyridine rings is 1. The van der Waals surface area contributed by atoms with Crippen LogP contribution in [0, 0.1) is 0 Å². The van der Waals surface area contributed by atoms with Crippen LogP contribution in [0.1, 0.15) is 11.3 Å². The van der Waals surface area contributed by atoms with Crippen molar-refractivity contribution in [3.05, 3.63) is 65.1 Å². The van der Waals surface area contributed by atoms with Crippen LogP contribution in [0.15, 0.2) is 48.8 Å². The first-order valence-corrected chi connectivity index (χ1v) is 7.55. The molecule has 0 saturated carbocycles. The fourth-order valence-corrected chi connectivity index (χ4v) is 2.59. The van der Waals surface area contributed by atoms with Crippen LogP contribution in [0.4, 0.5) is 0 Å². The fourth-order valence-electron chi connectivity index (χ4n) is 2.40. The maximum absolute atomic E-state index is 10.5. The highest BCUT2D eigenvalue weighted by molar-refractivity contribution is 6.30. The van der Waals surface area contributed by atoms with E-state index < -0.39 is 5.79 Å². The van der Waals surface area contributed by atoms with Crippen LogP contribution in [0.3, 0.4) is 0 Å². The van der Waals surface area contributed by atoms with Gasteiger partial charge in [0.25, 0.3) is 0 Å². The van der Waals surface area contributed by atoms with Crippen LogP contribution in [0.2, 0.25) is 5.02 Å². The molecule has 1 aromatic carbocycles. The van der Waals surface area contributed by atoms with Crippen LogP contribution < -0.4 is 4.74 Å². The Labute approximate surface area is 143 Å². The molecule has 2 heterocycles. The number of hydrogen-bond acceptors (Lipinski definition) is 5. The van der Waals surface area contributed by atoms with Gasteiger partial charge in [0.05, 0.1) is 18.9 Å². The summed E-state index contributed by atoms with van der Waals surface area (Å²) in [6.45, 7) is 0. The molecular weight excluding hydrogens is 330 g/mol. The summed E-state index contributed by atoms with van der Waals surface area (Å²) in [6, 6.07) is 10.2. The molecule has 2 aromatic heterocycles. The molecule has 6 nitrogen and oxygen atoms in total. The van der Waals surface area contributed by atoms with E-state index in [-0.39, 0.29) is 11.3 Å². The minimum Gasteiger partial charge on any atom is -0.494 e. The second-order valence-corrected chi connectivity index (χ2v) is 5.77. The van der Waals surface area contributed by atoms with Gasteiger partial charge in [0.2, 0.25) is 5.79 Å². The van der Waals surface area contributed by atoms with Gasteiger partial charge in [-0.25, -0.2) is 4.98 Å². The van der Waals surface area contributed by atoms with Crippen molar-refractivity contribution in [1.29, 1.82) is 0 Å². The van der Waals surface area contributed by atoms with Crippen molar-refractivity contribution < 1.29 is 14.9 Å². The Kier molecular flexibility index (Phi) is 4.28. The van der Waals surface area contributed by atoms with Gasteiger partial charge in [0, 0.05) is 23.8 Å². The van der Waals surface area contributed by atoms with Crippen molar-refractivity contribution in [2.24, 2.45) is 7.05 Å². The maximum Gasteiger partial charge on any atom is 0.238 e. The standard InChI is InChI=1S/C17H16ClN3O3/c1-21-10-12(9-19-21)17(22,23)15-7-6-14(24-2)16(20-15)11-4-3-5-13(18)8-11/h3-10,22-23H,1-2H3. The van der Waals surface area contributed by atoms with Gasteiger partial charge >= 0.3 is 0 Å². The number of ether oxygens (including phenoxy) is 1. The molecule has 0 unspecified atom stereocenters. The normalized spacial score (nSPS) is 11.5. The van der Waals surface area contributed by atoms with E-state index >= 15 is 0 Å². The van der Waals surface area contributed by atoms with Crippen LogP contribution in [-0.2, 0) is 12.8 Å². The van der Waals surface area contributed by atoms with E-state index in [0.29, 0.717) is 22.0 Å². The quantitative estimate of drug-likeness (QED) is 0.709. The van der Waals surface area contributed by atoms with Crippen molar-refractivity contribution >= 4 is 11.6 Å². The Bertz CT molecular complexity index is 877. The summed E-state index contributed by atoms with van der Waals surface area (Å²) < 4.78 is 6.82. The first-order valence-electron chi connectivity index (χ1n) is 7.17. The second-order valence-electron chi connectivity index (χ2n) is 5.33. The van der Waals surface area contributed by atoms with Crippen molar-refractivity contribution in [2.45, 2.75) is 5.79 Å². The van der Waals surface area contributed by atoms with E-state index in [1.54, 1.807) is 31.3 Å². The average Bonchev–Trinajstić information content (AvgIpc) is 3.01. The smallest absolute Gasteiger partial charge is 0.238 e. The monoisotopic (exact) mass is 345 g/mol. The molecule has 0 bridgehead atoms. The maximum atomic E-state index is 10.5. The zero-order chi connectivity index (χ0) is 17.3. The molecule has 3 rings (SSSR count). The predicted octanol–water partition coefficient (Wildman–Crippen LogP) is 2.33. The van der Waals surface area contributed by atoms with Crippen molar-refractivity contribution in [3.63, 3.8) is 0 Å². The molecule has 0 atom stereocenters. The van der Waals surface area contributed by atoms with E-state index in [4.69, 9.17) is 16.3 Å². The Balaban J connectivity index is 2.12. The minimum atomic E-state index is -2.27. The minimum absolute atomic E-state index is 0.0614. The van der Waals surface area contributed by atoms with E-state index in [0.717, 1.165) is 0 Å². The molecule has 7 heteroatoms. The van der Waals surface area contributed by atoms with Gasteiger partial charge in [0.1, 0.15) is 17.1 Å². The van der Waals surface area contributed by atoms with Gasteiger partial charge in [-0.1, -0.05) is 23.7 Å². The van der Waals surface area contributed by atoms with Gasteiger partial charge in [0.15, 0.2) is 0 Å². The van der Waals surface area contributed by atoms with Crippen LogP contribution >= 0.6 is 11.6 Å². The summed E-state index contributed by atoms with van der Waals surface area (Å²) in [5, 5.41) is 25.6. The summed E-state index contributed by atoms with van der Waals surface area (Å²) in [4.78, 5) is 4.39. The topological polar surface area (TPSA) is 80.4 Å². The van der Waals surface area contributed by atoms with Crippen LogP contribution in [0.5, 0.6) is 5.75 Å². The fraction of sp³-hybridized carbons (Fsp3) is 0.176. The van der Waals surface area contributed by atoms with E-state index in [9.17, 15) is 10.2 Å². The van der Waals surface area contributed by atoms with Crippen LogP contribution in [-0.4, -0.2) is 32.1 Å². The number of aliphatic hydroxyl groups is 2. The highest BCUT2D eigenvalue weighted by Gasteiger charge is 2.32. The third-order valence-electron chi connectivity index (χ3n) is 3.64. The highest BCUT2D eigenvalue weighted by Crippen LogP contribution is 2.33. The molecule has 0 aliphatic heterocycles. The molecule has 24 heavy (non-hydrogen) atoms. The molecule has 3 aromatic rings. The molecule has 0 fully saturated rings. The van der Waals surface area contributed by atoms with Gasteiger partial charge < -0.3 is 14.9 Å². The number of halogens is 1. The van der Waals surface area contributed by atoms with E-state index in [2.05, 4.69) is 10.1 Å². The number of aryl methyl sites for hydroxylation is 1. The van der Waals surface area contributed by atoms with Crippen LogP contribution in [0.25, 0.3) is 11.3 Å². The Morgan fingerprint density at radius 3 is 2.62 bits per heavy atom. The van der Waals surface area contributed by atoms with E-state index in [1.165, 1.54) is 30.3 Å². The lowest BCUT2D eigenvalue weighted by atomic mass is 10.0. The Morgan fingerprint density at radius 2 is 2.00 bits per heavy atom. The number of aromatic nitrogens is 3. The predicted molar refractivity (Wildman–Crippen MR) is 89.7 cm³/mol. The number of rotatable bonds is 4. The van der Waals surface area contributed by atoms with Gasteiger partial charge in [-0.05, 0) is 24.3 Å². The number of benzene rings is 1. The molecule has 0 amide bonds. The lowest BCUT2D eigenvalue weighted by Crippen LogP contribution is -2.27. The van der Waals surface area contributed by atoms with Gasteiger partial charge in [-0.2, -0.15) is 5.10 Å². The zero-order valence-electron chi connectivity index (χ0n) is 13.1. The highest BCUT2D eigenvalue weighted by atomic mass is 35.5. The third-order valence-corrected chi connectivity index (χ3v) is 3.88. The summed E-state index contributed by atoms with van der Waals surface area (Å²) in [6.07, 6.45) is 2.90. The Morgan fingerprint density at radius 1 is 1.21 bits per heavy atom. The molecule has 0 aliphatic carbocycles. The third kappa shape index (κ3) is 2.99.